The number of amides is 1. The van der Waals surface area contributed by atoms with E-state index in [1.807, 2.05) is 13.8 Å². The summed E-state index contributed by atoms with van der Waals surface area (Å²) in [4.78, 5) is 13.8. The van der Waals surface area contributed by atoms with Gasteiger partial charge in [-0.2, -0.15) is 0 Å². The SMILES string of the molecule is CCCN1C(=O)/C(=C/c2cc(Cl)c(O)c(OCC)c2)NC1=S. The molecule has 1 aliphatic heterocycles. The van der Waals surface area contributed by atoms with E-state index in [2.05, 4.69) is 5.32 Å². The van der Waals surface area contributed by atoms with Crippen molar-refractivity contribution < 1.29 is 14.6 Å². The first kappa shape index (κ1) is 16.6. The Morgan fingerprint density at radius 2 is 2.18 bits per heavy atom. The van der Waals surface area contributed by atoms with E-state index in [4.69, 9.17) is 28.6 Å². The highest BCUT2D eigenvalue weighted by molar-refractivity contribution is 7.80. The van der Waals surface area contributed by atoms with Crippen molar-refractivity contribution in [2.45, 2.75) is 20.3 Å². The van der Waals surface area contributed by atoms with Crippen LogP contribution in [0.2, 0.25) is 5.02 Å². The van der Waals surface area contributed by atoms with Crippen molar-refractivity contribution in [1.82, 2.24) is 10.2 Å². The van der Waals surface area contributed by atoms with Crippen molar-refractivity contribution in [3.8, 4) is 11.5 Å². The fourth-order valence-corrected chi connectivity index (χ4v) is 2.61. The lowest BCUT2D eigenvalue weighted by Crippen LogP contribution is -2.31. The third kappa shape index (κ3) is 3.34. The number of nitrogens with zero attached hydrogens (tertiary/aromatic N) is 1. The Morgan fingerprint density at radius 1 is 1.45 bits per heavy atom. The van der Waals surface area contributed by atoms with E-state index < -0.39 is 0 Å². The second-order valence-corrected chi connectivity index (χ2v) is 5.52. The number of thiocarbonyl (C=S) groups is 1. The number of hydrogen-bond acceptors (Lipinski definition) is 4. The van der Waals surface area contributed by atoms with Gasteiger partial charge in [-0.15, -0.1) is 0 Å². The number of carbonyl (C=O) groups excluding carboxylic acids is 1. The Hall–Kier alpha value is -1.79. The smallest absolute Gasteiger partial charge is 0.276 e. The number of halogens is 1. The lowest BCUT2D eigenvalue weighted by Gasteiger charge is -2.11. The topological polar surface area (TPSA) is 61.8 Å². The number of phenols is 1. The highest BCUT2D eigenvalue weighted by Crippen LogP contribution is 2.36. The molecule has 1 aliphatic rings. The molecule has 2 rings (SSSR count). The third-order valence-corrected chi connectivity index (χ3v) is 3.68. The Morgan fingerprint density at radius 3 is 2.82 bits per heavy atom. The summed E-state index contributed by atoms with van der Waals surface area (Å²) in [5.41, 5.74) is 1.02. The van der Waals surface area contributed by atoms with Gasteiger partial charge in [0.15, 0.2) is 16.6 Å². The van der Waals surface area contributed by atoms with Crippen LogP contribution in [0.4, 0.5) is 0 Å². The molecule has 0 spiro atoms. The predicted molar refractivity (Wildman–Crippen MR) is 90.0 cm³/mol. The Bertz CT molecular complexity index is 646. The molecule has 1 saturated heterocycles. The van der Waals surface area contributed by atoms with Crippen LogP contribution in [0.5, 0.6) is 11.5 Å². The van der Waals surface area contributed by atoms with Gasteiger partial charge in [0.2, 0.25) is 0 Å². The number of ether oxygens (including phenoxy) is 1. The summed E-state index contributed by atoms with van der Waals surface area (Å²) in [6, 6.07) is 3.19. The van der Waals surface area contributed by atoms with Gasteiger partial charge in [0.1, 0.15) is 5.70 Å². The molecule has 0 atom stereocenters. The number of carbonyl (C=O) groups is 1. The van der Waals surface area contributed by atoms with Crippen LogP contribution in [-0.4, -0.2) is 34.2 Å². The quantitative estimate of drug-likeness (QED) is 0.637. The molecule has 1 amide bonds. The second-order valence-electron chi connectivity index (χ2n) is 4.73. The van der Waals surface area contributed by atoms with Gasteiger partial charge in [-0.1, -0.05) is 18.5 Å². The molecular formula is C15H17ClN2O3S. The molecule has 2 N–H and O–H groups in total. The largest absolute Gasteiger partial charge is 0.503 e. The fourth-order valence-electron chi connectivity index (χ4n) is 2.11. The number of benzene rings is 1. The summed E-state index contributed by atoms with van der Waals surface area (Å²) in [6.07, 6.45) is 2.46. The standard InChI is InChI=1S/C15H17ClN2O3S/c1-3-5-18-14(20)11(17-15(18)22)7-9-6-10(16)13(19)12(8-9)21-4-2/h6-8,19H,3-5H2,1-2H3,(H,17,22)/b11-7-. The van der Waals surface area contributed by atoms with Crippen molar-refractivity contribution in [3.63, 3.8) is 0 Å². The van der Waals surface area contributed by atoms with Crippen LogP contribution in [0.25, 0.3) is 6.08 Å². The molecule has 22 heavy (non-hydrogen) atoms. The molecule has 5 nitrogen and oxygen atoms in total. The minimum absolute atomic E-state index is 0.112. The lowest BCUT2D eigenvalue weighted by molar-refractivity contribution is -0.122. The second kappa shape index (κ2) is 6.98. The molecular weight excluding hydrogens is 324 g/mol. The number of hydrogen-bond donors (Lipinski definition) is 2. The van der Waals surface area contributed by atoms with Gasteiger partial charge in [-0.3, -0.25) is 9.69 Å². The van der Waals surface area contributed by atoms with Gasteiger partial charge in [0.05, 0.1) is 11.6 Å². The zero-order valence-electron chi connectivity index (χ0n) is 12.4. The van der Waals surface area contributed by atoms with Gasteiger partial charge >= 0.3 is 0 Å². The highest BCUT2D eigenvalue weighted by atomic mass is 35.5. The summed E-state index contributed by atoms with van der Waals surface area (Å²) in [5, 5.41) is 13.3. The maximum Gasteiger partial charge on any atom is 0.276 e. The average Bonchev–Trinajstić information content (AvgIpc) is 2.72. The van der Waals surface area contributed by atoms with E-state index in [1.165, 1.54) is 4.90 Å². The Balaban J connectivity index is 2.33. The van der Waals surface area contributed by atoms with Crippen LogP contribution in [0.15, 0.2) is 17.8 Å². The molecule has 0 radical (unpaired) electrons. The monoisotopic (exact) mass is 340 g/mol. The van der Waals surface area contributed by atoms with E-state index in [0.29, 0.717) is 29.5 Å². The van der Waals surface area contributed by atoms with Gasteiger partial charge in [-0.05, 0) is 49.3 Å². The van der Waals surface area contributed by atoms with Crippen LogP contribution >= 0.6 is 23.8 Å². The van der Waals surface area contributed by atoms with E-state index in [9.17, 15) is 9.90 Å². The maximum atomic E-state index is 12.3. The fraction of sp³-hybridized carbons (Fsp3) is 0.333. The first-order valence-electron chi connectivity index (χ1n) is 6.97. The molecule has 0 unspecified atom stereocenters. The van der Waals surface area contributed by atoms with E-state index in [1.54, 1.807) is 18.2 Å². The Labute approximate surface area is 139 Å². The van der Waals surface area contributed by atoms with Gasteiger partial charge in [-0.25, -0.2) is 0 Å². The summed E-state index contributed by atoms with van der Waals surface area (Å²) in [7, 11) is 0. The third-order valence-electron chi connectivity index (χ3n) is 3.07. The van der Waals surface area contributed by atoms with Crippen LogP contribution in [0.1, 0.15) is 25.8 Å². The summed E-state index contributed by atoms with van der Waals surface area (Å²) < 4.78 is 5.33. The molecule has 0 saturated carbocycles. The molecule has 7 heteroatoms. The molecule has 0 bridgehead atoms. The summed E-state index contributed by atoms with van der Waals surface area (Å²) >= 11 is 11.1. The number of nitrogens with one attached hydrogen (secondary N) is 1. The first-order chi connectivity index (χ1) is 10.5. The molecule has 0 aliphatic carbocycles. The minimum atomic E-state index is -0.172. The normalized spacial score (nSPS) is 16.3. The summed E-state index contributed by atoms with van der Waals surface area (Å²) in [6.45, 7) is 4.76. The van der Waals surface area contributed by atoms with Gasteiger partial charge in [0.25, 0.3) is 5.91 Å². The van der Waals surface area contributed by atoms with Crippen LogP contribution in [0, 0.1) is 0 Å². The number of aromatic hydroxyl groups is 1. The van der Waals surface area contributed by atoms with Crippen molar-refractivity contribution >= 4 is 40.9 Å². The highest BCUT2D eigenvalue weighted by Gasteiger charge is 2.29. The van der Waals surface area contributed by atoms with Crippen LogP contribution < -0.4 is 10.1 Å². The zero-order valence-corrected chi connectivity index (χ0v) is 13.9. The van der Waals surface area contributed by atoms with Crippen molar-refractivity contribution in [1.29, 1.82) is 0 Å². The molecule has 118 valence electrons. The van der Waals surface area contributed by atoms with E-state index in [0.717, 1.165) is 6.42 Å². The predicted octanol–water partition coefficient (Wildman–Crippen LogP) is 2.91. The van der Waals surface area contributed by atoms with E-state index in [-0.39, 0.29) is 22.4 Å². The van der Waals surface area contributed by atoms with Crippen molar-refractivity contribution in [3.05, 3.63) is 28.4 Å². The first-order valence-corrected chi connectivity index (χ1v) is 7.76. The lowest BCUT2D eigenvalue weighted by atomic mass is 10.1. The summed E-state index contributed by atoms with van der Waals surface area (Å²) in [5.74, 6) is -0.00574. The average molecular weight is 341 g/mol. The van der Waals surface area contributed by atoms with E-state index >= 15 is 0 Å². The van der Waals surface area contributed by atoms with Crippen molar-refractivity contribution in [2.75, 3.05) is 13.2 Å². The van der Waals surface area contributed by atoms with Crippen LogP contribution in [0.3, 0.4) is 0 Å². The molecule has 1 heterocycles. The molecule has 1 aromatic carbocycles. The minimum Gasteiger partial charge on any atom is -0.503 e. The number of rotatable bonds is 5. The van der Waals surface area contributed by atoms with Gasteiger partial charge in [0, 0.05) is 6.54 Å². The molecule has 1 fully saturated rings. The van der Waals surface area contributed by atoms with Crippen molar-refractivity contribution in [2.24, 2.45) is 0 Å². The van der Waals surface area contributed by atoms with Gasteiger partial charge < -0.3 is 15.2 Å². The zero-order chi connectivity index (χ0) is 16.3. The Kier molecular flexibility index (Phi) is 5.26. The maximum absolute atomic E-state index is 12.3. The number of phenolic OH excluding ortho intramolecular Hbond substituents is 1. The van der Waals surface area contributed by atoms with Crippen LogP contribution in [-0.2, 0) is 4.79 Å². The molecule has 1 aromatic rings. The molecule has 0 aromatic heterocycles.